The molecule has 0 radical (unpaired) electrons. The van der Waals surface area contributed by atoms with Crippen LogP contribution in [0.25, 0.3) is 0 Å². The van der Waals surface area contributed by atoms with E-state index >= 15 is 0 Å². The maximum atomic E-state index is 10.3. The molecule has 6 N–H and O–H groups in total. The third kappa shape index (κ3) is 32.8. The van der Waals surface area contributed by atoms with E-state index in [2.05, 4.69) is 9.47 Å². The molecule has 0 aromatic carbocycles. The van der Waals surface area contributed by atoms with E-state index in [-0.39, 0.29) is 25.1 Å². The first-order chi connectivity index (χ1) is 11.5. The van der Waals surface area contributed by atoms with E-state index in [1.165, 1.54) is 0 Å². The highest BCUT2D eigenvalue weighted by Gasteiger charge is 2.24. The second-order valence-corrected chi connectivity index (χ2v) is 3.68. The van der Waals surface area contributed by atoms with Gasteiger partial charge >= 0.3 is 35.8 Å². The van der Waals surface area contributed by atoms with Crippen molar-refractivity contribution < 1.29 is 64.1 Å². The summed E-state index contributed by atoms with van der Waals surface area (Å²) >= 11 is 0. The van der Waals surface area contributed by atoms with E-state index in [4.69, 9.17) is 20.4 Å². The third-order valence-corrected chi connectivity index (χ3v) is 1.42. The van der Waals surface area contributed by atoms with Crippen molar-refractivity contribution in [3.05, 3.63) is 0 Å². The minimum absolute atomic E-state index is 0. The van der Waals surface area contributed by atoms with Gasteiger partial charge in [-0.15, -0.1) is 0 Å². The fraction of sp³-hybridized carbons (Fsp3) is 0.538. The Morgan fingerprint density at radius 2 is 1.23 bits per heavy atom. The van der Waals surface area contributed by atoms with Crippen molar-refractivity contribution in [1.82, 2.24) is 0 Å². The molecule has 0 spiro atoms. The van der Waals surface area contributed by atoms with E-state index in [9.17, 15) is 28.8 Å². The molecule has 13 nitrogen and oxygen atoms in total. The highest BCUT2D eigenvalue weighted by molar-refractivity contribution is 6.06. The highest BCUT2D eigenvalue weighted by atomic mass is 16.6. The average Bonchev–Trinajstić information content (AvgIpc) is 2.37. The molecule has 0 aromatic rings. The standard InChI is InChI=1S/C5H8O4.C3H4O4.C3H2O3.C2H6O.H2O/c1-2-9-5(8)3-4(6)7;4-2(5)1-3(6)7;4-2-1-3(5)6-2;1-2-3;/h2-3H2,1H3,(H,6,7);1H2,(H,4,5)(H,6,7);1H2;3H,2H2,1H3;1H2. The van der Waals surface area contributed by atoms with Crippen molar-refractivity contribution in [2.24, 2.45) is 0 Å². The van der Waals surface area contributed by atoms with Gasteiger partial charge < -0.3 is 35.4 Å². The molecule has 0 unspecified atom stereocenters. The van der Waals surface area contributed by atoms with E-state index < -0.39 is 48.7 Å². The summed E-state index contributed by atoms with van der Waals surface area (Å²) in [6, 6.07) is 0. The molecule has 0 atom stereocenters. The topological polar surface area (TPSA) is 233 Å². The molecule has 1 rings (SSSR count). The second-order valence-electron chi connectivity index (χ2n) is 3.68. The summed E-state index contributed by atoms with van der Waals surface area (Å²) < 4.78 is 8.19. The lowest BCUT2D eigenvalue weighted by Gasteiger charge is -2.06. The second kappa shape index (κ2) is 20.0. The number of carboxylic acid groups (broad SMARTS) is 3. The van der Waals surface area contributed by atoms with Crippen LogP contribution in [0.15, 0.2) is 0 Å². The zero-order chi connectivity index (χ0) is 20.4. The van der Waals surface area contributed by atoms with Crippen LogP contribution in [-0.4, -0.2) is 74.9 Å². The Labute approximate surface area is 147 Å². The summed E-state index contributed by atoms with van der Waals surface area (Å²) in [5, 5.41) is 31.0. The van der Waals surface area contributed by atoms with Gasteiger partial charge in [0.2, 0.25) is 0 Å². The average molecular weight is 386 g/mol. The largest absolute Gasteiger partial charge is 0.481 e. The Kier molecular flexibility index (Phi) is 23.7. The fourth-order valence-electron chi connectivity index (χ4n) is 0.701. The van der Waals surface area contributed by atoms with Crippen molar-refractivity contribution in [2.45, 2.75) is 33.1 Å². The minimum atomic E-state index is -1.31. The van der Waals surface area contributed by atoms with Gasteiger partial charge in [-0.2, -0.15) is 0 Å². The summed E-state index contributed by atoms with van der Waals surface area (Å²) in [7, 11) is 0. The van der Waals surface area contributed by atoms with Crippen molar-refractivity contribution >= 4 is 35.8 Å². The van der Waals surface area contributed by atoms with Crippen LogP contribution < -0.4 is 0 Å². The summed E-state index contributed by atoms with van der Waals surface area (Å²) in [5.41, 5.74) is 0. The molecule has 26 heavy (non-hydrogen) atoms. The number of aliphatic hydroxyl groups is 1. The van der Waals surface area contributed by atoms with Gasteiger partial charge in [-0.1, -0.05) is 0 Å². The van der Waals surface area contributed by atoms with Crippen LogP contribution in [-0.2, 0) is 38.2 Å². The summed E-state index contributed by atoms with van der Waals surface area (Å²) in [5.74, 6) is -5.31. The first-order valence-electron chi connectivity index (χ1n) is 6.65. The van der Waals surface area contributed by atoms with Gasteiger partial charge in [-0.05, 0) is 13.8 Å². The Morgan fingerprint density at radius 3 is 1.35 bits per heavy atom. The number of ether oxygens (including phenoxy) is 2. The molecule has 152 valence electrons. The first-order valence-corrected chi connectivity index (χ1v) is 6.65. The van der Waals surface area contributed by atoms with Crippen LogP contribution in [0.1, 0.15) is 33.1 Å². The summed E-state index contributed by atoms with van der Waals surface area (Å²) in [6.45, 7) is 3.78. The summed E-state index contributed by atoms with van der Waals surface area (Å²) in [6.07, 6.45) is -1.38. The molecule has 0 amide bonds. The van der Waals surface area contributed by atoms with E-state index in [1.54, 1.807) is 13.8 Å². The number of cyclic esters (lactones) is 2. The van der Waals surface area contributed by atoms with Crippen LogP contribution in [0.5, 0.6) is 0 Å². The molecule has 0 bridgehead atoms. The number of aliphatic carboxylic acids is 3. The maximum absolute atomic E-state index is 10.3. The number of esters is 3. The van der Waals surface area contributed by atoms with Crippen LogP contribution in [0, 0.1) is 0 Å². The molecule has 0 aliphatic carbocycles. The molecule has 1 aliphatic heterocycles. The van der Waals surface area contributed by atoms with Crippen molar-refractivity contribution in [2.75, 3.05) is 13.2 Å². The summed E-state index contributed by atoms with van der Waals surface area (Å²) in [4.78, 5) is 58.2. The van der Waals surface area contributed by atoms with Crippen LogP contribution in [0.4, 0.5) is 0 Å². The molecule has 1 heterocycles. The van der Waals surface area contributed by atoms with Crippen molar-refractivity contribution in [3.63, 3.8) is 0 Å². The lowest BCUT2D eigenvalue weighted by Crippen LogP contribution is -2.26. The van der Waals surface area contributed by atoms with Gasteiger partial charge in [0.1, 0.15) is 19.3 Å². The number of hydrogen-bond acceptors (Lipinski definition) is 9. The van der Waals surface area contributed by atoms with Crippen LogP contribution in [0.3, 0.4) is 0 Å². The van der Waals surface area contributed by atoms with E-state index in [0.717, 1.165) is 0 Å². The van der Waals surface area contributed by atoms with Crippen molar-refractivity contribution in [1.29, 1.82) is 0 Å². The van der Waals surface area contributed by atoms with E-state index in [0.29, 0.717) is 0 Å². The third-order valence-electron chi connectivity index (χ3n) is 1.42. The smallest absolute Gasteiger partial charge is 0.324 e. The SMILES string of the molecule is CCO.CCOC(=O)CC(=O)O.O.O=C(O)CC(=O)O.O=C1CC(=O)O1. The number of carbonyl (C=O) groups is 6. The minimum Gasteiger partial charge on any atom is -0.481 e. The van der Waals surface area contributed by atoms with Crippen LogP contribution in [0.2, 0.25) is 0 Å². The zero-order valence-corrected chi connectivity index (χ0v) is 14.1. The molecular formula is C13H22O13. The van der Waals surface area contributed by atoms with Gasteiger partial charge in [-0.3, -0.25) is 28.8 Å². The molecule has 0 saturated carbocycles. The van der Waals surface area contributed by atoms with Gasteiger partial charge in [-0.25, -0.2) is 0 Å². The Morgan fingerprint density at radius 1 is 0.923 bits per heavy atom. The Bertz CT molecular complexity index is 435. The van der Waals surface area contributed by atoms with Gasteiger partial charge in [0.15, 0.2) is 0 Å². The molecular weight excluding hydrogens is 364 g/mol. The highest BCUT2D eigenvalue weighted by Crippen LogP contribution is 2.00. The molecule has 0 aromatic heterocycles. The predicted octanol–water partition coefficient (Wildman–Crippen LogP) is -1.80. The van der Waals surface area contributed by atoms with Crippen LogP contribution >= 0.6 is 0 Å². The Hall–Kier alpha value is -3.06. The Balaban J connectivity index is -0.000000129. The normalized spacial score (nSPS) is 10.3. The zero-order valence-electron chi connectivity index (χ0n) is 14.1. The molecule has 1 saturated heterocycles. The first kappa shape index (κ1) is 30.8. The van der Waals surface area contributed by atoms with E-state index in [1.807, 2.05) is 0 Å². The lowest BCUT2D eigenvalue weighted by molar-refractivity contribution is -0.174. The molecule has 1 fully saturated rings. The molecule has 13 heteroatoms. The quantitative estimate of drug-likeness (QED) is 0.302. The van der Waals surface area contributed by atoms with Gasteiger partial charge in [0, 0.05) is 6.61 Å². The van der Waals surface area contributed by atoms with Gasteiger partial charge in [0.05, 0.1) is 6.61 Å². The maximum Gasteiger partial charge on any atom is 0.324 e. The monoisotopic (exact) mass is 386 g/mol. The number of carboxylic acids is 3. The number of rotatable bonds is 5. The number of hydrogen-bond donors (Lipinski definition) is 4. The fourth-order valence-corrected chi connectivity index (χ4v) is 0.701. The molecule has 1 aliphatic rings. The predicted molar refractivity (Wildman–Crippen MR) is 80.9 cm³/mol. The number of aliphatic hydroxyl groups excluding tert-OH is 1. The van der Waals surface area contributed by atoms with Crippen molar-refractivity contribution in [3.8, 4) is 0 Å². The lowest BCUT2D eigenvalue weighted by atomic mass is 10.4. The number of carbonyl (C=O) groups excluding carboxylic acids is 3. The van der Waals surface area contributed by atoms with Gasteiger partial charge in [0.25, 0.3) is 0 Å².